The topological polar surface area (TPSA) is 62.6 Å². The molecule has 1 aliphatic heterocycles. The third-order valence-electron chi connectivity index (χ3n) is 5.98. The number of amides is 1. The van der Waals surface area contributed by atoms with Gasteiger partial charge >= 0.3 is 0 Å². The Bertz CT molecular complexity index is 1040. The van der Waals surface area contributed by atoms with Crippen LogP contribution in [0.4, 0.5) is 0 Å². The van der Waals surface area contributed by atoms with Crippen molar-refractivity contribution in [3.8, 4) is 0 Å². The average Bonchev–Trinajstić information content (AvgIpc) is 3.52. The van der Waals surface area contributed by atoms with E-state index in [1.165, 1.54) is 28.5 Å². The molecular formula is C23H29N3O3S. The maximum Gasteiger partial charge on any atom is 0.246 e. The molecule has 4 rings (SSSR count). The van der Waals surface area contributed by atoms with E-state index >= 15 is 0 Å². The van der Waals surface area contributed by atoms with Gasteiger partial charge in [0.05, 0.1) is 5.75 Å². The highest BCUT2D eigenvalue weighted by Crippen LogP contribution is 2.38. The standard InChI is InChI=1S/C23H29N3O3S/c1-18-16-21(19(2)26(18)22-9-10-22)8-11-23(27)24-12-14-25(15-13-24)30(28,29)17-20-6-4-3-5-7-20/h3-8,11,16,22H,9-10,12-15,17H2,1-2H3/b11-8+. The number of carbonyl (C=O) groups excluding carboxylic acids is 1. The summed E-state index contributed by atoms with van der Waals surface area (Å²) in [5.41, 5.74) is 4.30. The largest absolute Gasteiger partial charge is 0.346 e. The Morgan fingerprint density at radius 1 is 1.07 bits per heavy atom. The van der Waals surface area contributed by atoms with E-state index < -0.39 is 10.0 Å². The number of rotatable bonds is 6. The van der Waals surface area contributed by atoms with Crippen molar-refractivity contribution in [1.82, 2.24) is 13.8 Å². The van der Waals surface area contributed by atoms with E-state index in [2.05, 4.69) is 24.5 Å². The molecule has 6 nitrogen and oxygen atoms in total. The van der Waals surface area contributed by atoms with E-state index in [1.807, 2.05) is 36.4 Å². The van der Waals surface area contributed by atoms with Crippen molar-refractivity contribution in [2.45, 2.75) is 38.5 Å². The van der Waals surface area contributed by atoms with Crippen LogP contribution in [0.3, 0.4) is 0 Å². The molecule has 1 saturated carbocycles. The lowest BCUT2D eigenvalue weighted by Crippen LogP contribution is -2.50. The first-order valence-electron chi connectivity index (χ1n) is 10.5. The van der Waals surface area contributed by atoms with E-state index in [4.69, 9.17) is 0 Å². The minimum absolute atomic E-state index is 0.00169. The van der Waals surface area contributed by atoms with Crippen molar-refractivity contribution in [2.24, 2.45) is 0 Å². The van der Waals surface area contributed by atoms with Crippen molar-refractivity contribution in [3.05, 3.63) is 65.0 Å². The summed E-state index contributed by atoms with van der Waals surface area (Å²) in [4.78, 5) is 14.4. The number of piperazine rings is 1. The lowest BCUT2D eigenvalue weighted by Gasteiger charge is -2.33. The fourth-order valence-corrected chi connectivity index (χ4v) is 5.71. The van der Waals surface area contributed by atoms with Gasteiger partial charge in [-0.1, -0.05) is 30.3 Å². The molecule has 1 aliphatic carbocycles. The van der Waals surface area contributed by atoms with Crippen LogP contribution in [0.15, 0.2) is 42.5 Å². The van der Waals surface area contributed by atoms with E-state index in [0.717, 1.165) is 11.1 Å². The Labute approximate surface area is 178 Å². The molecule has 7 heteroatoms. The van der Waals surface area contributed by atoms with Crippen molar-refractivity contribution < 1.29 is 13.2 Å². The molecule has 2 fully saturated rings. The molecule has 30 heavy (non-hydrogen) atoms. The van der Waals surface area contributed by atoms with Crippen molar-refractivity contribution in [3.63, 3.8) is 0 Å². The molecule has 0 spiro atoms. The number of aromatic nitrogens is 1. The zero-order valence-corrected chi connectivity index (χ0v) is 18.4. The number of aryl methyl sites for hydroxylation is 1. The fraction of sp³-hybridized carbons (Fsp3) is 0.435. The number of benzene rings is 1. The van der Waals surface area contributed by atoms with Gasteiger partial charge in [-0.25, -0.2) is 8.42 Å². The molecule has 0 unspecified atom stereocenters. The molecule has 0 radical (unpaired) electrons. The second kappa shape index (κ2) is 8.40. The van der Waals surface area contributed by atoms with Gasteiger partial charge in [-0.15, -0.1) is 0 Å². The van der Waals surface area contributed by atoms with Gasteiger partial charge in [0.15, 0.2) is 0 Å². The summed E-state index contributed by atoms with van der Waals surface area (Å²) in [6, 6.07) is 12.0. The monoisotopic (exact) mass is 427 g/mol. The highest BCUT2D eigenvalue weighted by molar-refractivity contribution is 7.88. The molecular weight excluding hydrogens is 398 g/mol. The molecule has 1 aromatic heterocycles. The van der Waals surface area contributed by atoms with Crippen LogP contribution in [0.2, 0.25) is 0 Å². The summed E-state index contributed by atoms with van der Waals surface area (Å²) in [6.45, 7) is 5.72. The van der Waals surface area contributed by atoms with E-state index in [0.29, 0.717) is 32.2 Å². The molecule has 2 heterocycles. The van der Waals surface area contributed by atoms with Crippen molar-refractivity contribution in [2.75, 3.05) is 26.2 Å². The summed E-state index contributed by atoms with van der Waals surface area (Å²) in [6.07, 6.45) is 5.97. The molecule has 2 aliphatic rings. The zero-order chi connectivity index (χ0) is 21.3. The highest BCUT2D eigenvalue weighted by Gasteiger charge is 2.29. The zero-order valence-electron chi connectivity index (χ0n) is 17.6. The Balaban J connectivity index is 1.34. The maximum atomic E-state index is 12.7. The van der Waals surface area contributed by atoms with Crippen LogP contribution in [0.25, 0.3) is 6.08 Å². The van der Waals surface area contributed by atoms with Crippen LogP contribution >= 0.6 is 0 Å². The number of sulfonamides is 1. The summed E-state index contributed by atoms with van der Waals surface area (Å²) in [5.74, 6) is -0.0653. The van der Waals surface area contributed by atoms with Gasteiger partial charge in [0, 0.05) is 49.7 Å². The number of hydrogen-bond acceptors (Lipinski definition) is 3. The molecule has 1 aromatic carbocycles. The Morgan fingerprint density at radius 2 is 1.73 bits per heavy atom. The van der Waals surface area contributed by atoms with Gasteiger partial charge < -0.3 is 9.47 Å². The first-order chi connectivity index (χ1) is 14.3. The number of hydrogen-bond donors (Lipinski definition) is 0. The van der Waals surface area contributed by atoms with Gasteiger partial charge in [0.25, 0.3) is 0 Å². The summed E-state index contributed by atoms with van der Waals surface area (Å²) in [5, 5.41) is 0. The van der Waals surface area contributed by atoms with Crippen molar-refractivity contribution >= 4 is 22.0 Å². The van der Waals surface area contributed by atoms with E-state index in [-0.39, 0.29) is 11.7 Å². The number of carbonyl (C=O) groups is 1. The second-order valence-electron chi connectivity index (χ2n) is 8.23. The smallest absolute Gasteiger partial charge is 0.246 e. The summed E-state index contributed by atoms with van der Waals surface area (Å²) >= 11 is 0. The molecule has 160 valence electrons. The fourth-order valence-electron chi connectivity index (χ4n) is 4.20. The van der Waals surface area contributed by atoms with Gasteiger partial charge in [-0.2, -0.15) is 4.31 Å². The first kappa shape index (κ1) is 20.9. The SMILES string of the molecule is Cc1cc(/C=C/C(=O)N2CCN(S(=O)(=O)Cc3ccccc3)CC2)c(C)n1C1CC1. The molecule has 2 aromatic rings. The van der Waals surface area contributed by atoms with E-state index in [1.54, 1.807) is 11.0 Å². The lowest BCUT2D eigenvalue weighted by atomic mass is 10.2. The quantitative estimate of drug-likeness (QED) is 0.666. The van der Waals surface area contributed by atoms with Crippen LogP contribution in [0, 0.1) is 13.8 Å². The maximum absolute atomic E-state index is 12.7. The normalized spacial score (nSPS) is 18.3. The third-order valence-corrected chi connectivity index (χ3v) is 7.83. The Kier molecular flexibility index (Phi) is 5.84. The van der Waals surface area contributed by atoms with Crippen LogP contribution in [-0.4, -0.2) is 54.3 Å². The lowest BCUT2D eigenvalue weighted by molar-refractivity contribution is -0.127. The summed E-state index contributed by atoms with van der Waals surface area (Å²) < 4.78 is 29.2. The molecule has 1 amide bonds. The minimum Gasteiger partial charge on any atom is -0.346 e. The molecule has 0 bridgehead atoms. The van der Waals surface area contributed by atoms with E-state index in [9.17, 15) is 13.2 Å². The van der Waals surface area contributed by atoms with Gasteiger partial charge in [-0.05, 0) is 50.0 Å². The second-order valence-corrected chi connectivity index (χ2v) is 10.2. The number of nitrogens with zero attached hydrogens (tertiary/aromatic N) is 3. The van der Waals surface area contributed by atoms with Crippen LogP contribution < -0.4 is 0 Å². The van der Waals surface area contributed by atoms with Crippen LogP contribution in [-0.2, 0) is 20.6 Å². The van der Waals surface area contributed by atoms with Gasteiger partial charge in [0.1, 0.15) is 0 Å². The Hall–Kier alpha value is -2.38. The van der Waals surface area contributed by atoms with Crippen LogP contribution in [0.5, 0.6) is 0 Å². The summed E-state index contributed by atoms with van der Waals surface area (Å²) in [7, 11) is -3.38. The third kappa shape index (κ3) is 4.52. The first-order valence-corrected chi connectivity index (χ1v) is 12.1. The average molecular weight is 428 g/mol. The van der Waals surface area contributed by atoms with Crippen molar-refractivity contribution in [1.29, 1.82) is 0 Å². The molecule has 0 atom stereocenters. The Morgan fingerprint density at radius 3 is 2.37 bits per heavy atom. The van der Waals surface area contributed by atoms with Crippen LogP contribution in [0.1, 0.15) is 41.4 Å². The highest BCUT2D eigenvalue weighted by atomic mass is 32.2. The predicted octanol–water partition coefficient (Wildman–Crippen LogP) is 3.13. The van der Waals surface area contributed by atoms with Gasteiger partial charge in [-0.3, -0.25) is 4.79 Å². The molecule has 1 saturated heterocycles. The predicted molar refractivity (Wildman–Crippen MR) is 118 cm³/mol. The molecule has 0 N–H and O–H groups in total. The van der Waals surface area contributed by atoms with Gasteiger partial charge in [0.2, 0.25) is 15.9 Å². The minimum atomic E-state index is -3.38.